The van der Waals surface area contributed by atoms with Gasteiger partial charge in [-0.3, -0.25) is 0 Å². The molecule has 0 fully saturated rings. The van der Waals surface area contributed by atoms with Crippen LogP contribution >= 0.6 is 12.2 Å². The molecular formula is C17H20S. The predicted molar refractivity (Wildman–Crippen MR) is 83.3 cm³/mol. The van der Waals surface area contributed by atoms with Crippen molar-refractivity contribution in [2.45, 2.75) is 40.5 Å². The van der Waals surface area contributed by atoms with Gasteiger partial charge in [-0.1, -0.05) is 47.6 Å². The van der Waals surface area contributed by atoms with Gasteiger partial charge in [-0.05, 0) is 62.8 Å². The molecule has 0 atom stereocenters. The quantitative estimate of drug-likeness (QED) is 0.525. The van der Waals surface area contributed by atoms with Gasteiger partial charge < -0.3 is 0 Å². The Kier molecular flexibility index (Phi) is 3.82. The third-order valence-corrected chi connectivity index (χ3v) is 4.39. The van der Waals surface area contributed by atoms with Crippen molar-refractivity contribution in [1.82, 2.24) is 0 Å². The summed E-state index contributed by atoms with van der Waals surface area (Å²) in [6, 6.07) is 6.51. The first kappa shape index (κ1) is 13.2. The molecule has 0 heterocycles. The summed E-state index contributed by atoms with van der Waals surface area (Å²) in [5.41, 5.74) is 8.01. The molecule has 0 aliphatic heterocycles. The van der Waals surface area contributed by atoms with Gasteiger partial charge in [-0.15, -0.1) is 0 Å². The maximum atomic E-state index is 5.64. The van der Waals surface area contributed by atoms with E-state index in [1.54, 1.807) is 0 Å². The summed E-state index contributed by atoms with van der Waals surface area (Å²) in [5.74, 6) is 0. The first-order chi connectivity index (χ1) is 8.49. The molecule has 0 nitrogen and oxygen atoms in total. The maximum Gasteiger partial charge on any atom is 0.0481 e. The van der Waals surface area contributed by atoms with Crippen LogP contribution < -0.4 is 0 Å². The molecule has 1 aromatic carbocycles. The highest BCUT2D eigenvalue weighted by Crippen LogP contribution is 2.26. The molecule has 2 rings (SSSR count). The third kappa shape index (κ3) is 2.62. The van der Waals surface area contributed by atoms with Crippen LogP contribution in [0, 0.1) is 13.8 Å². The monoisotopic (exact) mass is 256 g/mol. The van der Waals surface area contributed by atoms with Crippen molar-refractivity contribution in [3.63, 3.8) is 0 Å². The van der Waals surface area contributed by atoms with Gasteiger partial charge in [0.1, 0.15) is 0 Å². The number of aryl methyl sites for hydroxylation is 2. The second-order valence-corrected chi connectivity index (χ2v) is 5.67. The van der Waals surface area contributed by atoms with Crippen LogP contribution in [0.25, 0.3) is 0 Å². The largest absolute Gasteiger partial charge is 0.0792 e. The Labute approximate surface area is 115 Å². The van der Waals surface area contributed by atoms with Crippen LogP contribution in [0.4, 0.5) is 0 Å². The Morgan fingerprint density at radius 2 is 1.72 bits per heavy atom. The Hall–Kier alpha value is -1.21. The number of hydrogen-bond acceptors (Lipinski definition) is 1. The molecule has 0 bridgehead atoms. The third-order valence-electron chi connectivity index (χ3n) is 3.89. The van der Waals surface area contributed by atoms with E-state index in [-0.39, 0.29) is 0 Å². The van der Waals surface area contributed by atoms with Gasteiger partial charge in [0, 0.05) is 4.86 Å². The fourth-order valence-electron chi connectivity index (χ4n) is 2.22. The zero-order valence-corrected chi connectivity index (χ0v) is 12.4. The lowest BCUT2D eigenvalue weighted by atomic mass is 9.90. The van der Waals surface area contributed by atoms with Crippen molar-refractivity contribution in [3.05, 3.63) is 57.7 Å². The molecule has 0 unspecified atom stereocenters. The van der Waals surface area contributed by atoms with Crippen LogP contribution in [0.1, 0.15) is 43.4 Å². The van der Waals surface area contributed by atoms with E-state index in [0.29, 0.717) is 0 Å². The van der Waals surface area contributed by atoms with Crippen molar-refractivity contribution < 1.29 is 0 Å². The van der Waals surface area contributed by atoms with Gasteiger partial charge in [-0.2, -0.15) is 0 Å². The van der Waals surface area contributed by atoms with E-state index in [2.05, 4.69) is 52.0 Å². The Morgan fingerprint density at radius 1 is 1.00 bits per heavy atom. The molecule has 94 valence electrons. The van der Waals surface area contributed by atoms with E-state index in [1.165, 1.54) is 33.4 Å². The van der Waals surface area contributed by atoms with Crippen LogP contribution in [0.15, 0.2) is 41.0 Å². The van der Waals surface area contributed by atoms with Crippen LogP contribution in [-0.2, 0) is 0 Å². The molecular weight excluding hydrogens is 236 g/mol. The highest BCUT2D eigenvalue weighted by atomic mass is 32.1. The van der Waals surface area contributed by atoms with Crippen LogP contribution in [0.3, 0.4) is 0 Å². The first-order valence-electron chi connectivity index (χ1n) is 6.48. The number of hydrogen-bond donors (Lipinski definition) is 0. The van der Waals surface area contributed by atoms with Crippen molar-refractivity contribution in [1.29, 1.82) is 0 Å². The van der Waals surface area contributed by atoms with Gasteiger partial charge >= 0.3 is 0 Å². The number of rotatable bonds is 2. The fourth-order valence-corrected chi connectivity index (χ4v) is 2.51. The summed E-state index contributed by atoms with van der Waals surface area (Å²) in [5, 5.41) is 0. The molecule has 0 amide bonds. The summed E-state index contributed by atoms with van der Waals surface area (Å²) in [7, 11) is 0. The van der Waals surface area contributed by atoms with Crippen LogP contribution in [-0.4, -0.2) is 4.86 Å². The zero-order chi connectivity index (χ0) is 13.3. The maximum absolute atomic E-state index is 5.64. The SMILES string of the molecule is CC1=C(C)CCC(C(=S)c2ccc(C)c(C)c2)=C1. The van der Waals surface area contributed by atoms with Crippen LogP contribution in [0.5, 0.6) is 0 Å². The molecule has 0 N–H and O–H groups in total. The molecule has 0 saturated heterocycles. The van der Waals surface area contributed by atoms with E-state index in [1.807, 2.05) is 0 Å². The minimum Gasteiger partial charge on any atom is -0.0792 e. The average molecular weight is 256 g/mol. The van der Waals surface area contributed by atoms with E-state index < -0.39 is 0 Å². The van der Waals surface area contributed by atoms with Gasteiger partial charge in [-0.25, -0.2) is 0 Å². The standard InChI is InChI=1S/C17H20S/c1-11-5-7-15(9-13(11)3)17(18)16-8-6-12(2)14(4)10-16/h5,7,9-10H,6,8H2,1-4H3. The van der Waals surface area contributed by atoms with Crippen molar-refractivity contribution in [2.24, 2.45) is 0 Å². The minimum absolute atomic E-state index is 1.02. The van der Waals surface area contributed by atoms with Crippen molar-refractivity contribution >= 4 is 17.1 Å². The highest BCUT2D eigenvalue weighted by Gasteiger charge is 2.13. The molecule has 1 aliphatic carbocycles. The van der Waals surface area contributed by atoms with E-state index in [4.69, 9.17) is 12.2 Å². The van der Waals surface area contributed by atoms with E-state index in [0.717, 1.165) is 17.7 Å². The molecule has 1 aromatic rings. The summed E-state index contributed by atoms with van der Waals surface area (Å²) in [6.45, 7) is 8.67. The highest BCUT2D eigenvalue weighted by molar-refractivity contribution is 7.81. The lowest BCUT2D eigenvalue weighted by molar-refractivity contribution is 0.919. The Bertz CT molecular complexity index is 559. The van der Waals surface area contributed by atoms with Crippen molar-refractivity contribution in [3.8, 4) is 0 Å². The van der Waals surface area contributed by atoms with Gasteiger partial charge in [0.05, 0.1) is 0 Å². The number of thiocarbonyl (C=S) groups is 1. The smallest absolute Gasteiger partial charge is 0.0481 e. The summed E-state index contributed by atoms with van der Waals surface area (Å²) in [4.78, 5) is 1.02. The normalized spacial score (nSPS) is 15.7. The van der Waals surface area contributed by atoms with Crippen LogP contribution in [0.2, 0.25) is 0 Å². The molecule has 0 radical (unpaired) electrons. The zero-order valence-electron chi connectivity index (χ0n) is 11.6. The average Bonchev–Trinajstić information content (AvgIpc) is 2.35. The summed E-state index contributed by atoms with van der Waals surface area (Å²) < 4.78 is 0. The van der Waals surface area contributed by atoms with Gasteiger partial charge in [0.15, 0.2) is 0 Å². The Morgan fingerprint density at radius 3 is 2.33 bits per heavy atom. The van der Waals surface area contributed by atoms with E-state index in [9.17, 15) is 0 Å². The molecule has 1 heteroatoms. The fraction of sp³-hybridized carbons (Fsp3) is 0.353. The molecule has 0 saturated carbocycles. The Balaban J connectivity index is 2.32. The number of allylic oxidation sites excluding steroid dienone is 4. The topological polar surface area (TPSA) is 0 Å². The second-order valence-electron chi connectivity index (χ2n) is 5.26. The summed E-state index contributed by atoms with van der Waals surface area (Å²) in [6.07, 6.45) is 4.48. The van der Waals surface area contributed by atoms with E-state index >= 15 is 0 Å². The molecule has 0 aromatic heterocycles. The number of benzene rings is 1. The second kappa shape index (κ2) is 5.19. The predicted octanol–water partition coefficient (Wildman–Crippen LogP) is 5.08. The minimum atomic E-state index is 1.02. The molecule has 0 spiro atoms. The molecule has 1 aliphatic rings. The summed E-state index contributed by atoms with van der Waals surface area (Å²) >= 11 is 5.64. The molecule has 18 heavy (non-hydrogen) atoms. The van der Waals surface area contributed by atoms with Gasteiger partial charge in [0.2, 0.25) is 0 Å². The lowest BCUT2D eigenvalue weighted by Gasteiger charge is -2.17. The van der Waals surface area contributed by atoms with Crippen molar-refractivity contribution in [2.75, 3.05) is 0 Å². The lowest BCUT2D eigenvalue weighted by Crippen LogP contribution is -2.06. The van der Waals surface area contributed by atoms with Gasteiger partial charge in [0.25, 0.3) is 0 Å². The first-order valence-corrected chi connectivity index (χ1v) is 6.88.